The molecule has 0 aromatic carbocycles. The first kappa shape index (κ1) is 14.9. The summed E-state index contributed by atoms with van der Waals surface area (Å²) >= 11 is 0. The standard InChI is InChI=1S/C12H26O3/c1-5-8-10-12(13-4,11-9-6-2)15-14-7-3/h5-11H2,1-4H3. The lowest BCUT2D eigenvalue weighted by atomic mass is 10.0. The van der Waals surface area contributed by atoms with Gasteiger partial charge in [0.15, 0.2) is 0 Å². The molecular weight excluding hydrogens is 192 g/mol. The van der Waals surface area contributed by atoms with Crippen LogP contribution >= 0.6 is 0 Å². The van der Waals surface area contributed by atoms with E-state index in [1.165, 1.54) is 0 Å². The Bertz CT molecular complexity index is 115. The number of rotatable bonds is 10. The lowest BCUT2D eigenvalue weighted by Gasteiger charge is -2.30. The van der Waals surface area contributed by atoms with Crippen LogP contribution in [-0.2, 0) is 14.5 Å². The summed E-state index contributed by atoms with van der Waals surface area (Å²) in [5.74, 6) is -0.526. The van der Waals surface area contributed by atoms with Gasteiger partial charge >= 0.3 is 0 Å². The highest BCUT2D eigenvalue weighted by Gasteiger charge is 2.31. The lowest BCUT2D eigenvalue weighted by molar-refractivity contribution is -0.427. The average molecular weight is 218 g/mol. The number of unbranched alkanes of at least 4 members (excludes halogenated alkanes) is 2. The molecule has 0 rings (SSSR count). The molecule has 0 radical (unpaired) electrons. The van der Waals surface area contributed by atoms with Crippen LogP contribution in [0.2, 0.25) is 0 Å². The molecule has 0 fully saturated rings. The van der Waals surface area contributed by atoms with E-state index < -0.39 is 5.79 Å². The minimum Gasteiger partial charge on any atom is -0.351 e. The van der Waals surface area contributed by atoms with Gasteiger partial charge in [0.2, 0.25) is 5.79 Å². The maximum atomic E-state index is 5.50. The molecule has 0 N–H and O–H groups in total. The Balaban J connectivity index is 4.16. The third-order valence-electron chi connectivity index (χ3n) is 2.52. The summed E-state index contributed by atoms with van der Waals surface area (Å²) in [6.45, 7) is 6.81. The Kier molecular flexibility index (Phi) is 9.06. The molecule has 0 unspecified atom stereocenters. The van der Waals surface area contributed by atoms with E-state index in [4.69, 9.17) is 14.5 Å². The summed E-state index contributed by atoms with van der Waals surface area (Å²) in [6, 6.07) is 0. The molecule has 0 bridgehead atoms. The van der Waals surface area contributed by atoms with Gasteiger partial charge in [-0.3, -0.25) is 0 Å². The zero-order chi connectivity index (χ0) is 11.6. The second-order valence-electron chi connectivity index (χ2n) is 3.81. The lowest BCUT2D eigenvalue weighted by Crippen LogP contribution is -2.35. The minimum absolute atomic E-state index is 0.526. The van der Waals surface area contributed by atoms with Crippen molar-refractivity contribution in [2.24, 2.45) is 0 Å². The smallest absolute Gasteiger partial charge is 0.201 e. The van der Waals surface area contributed by atoms with E-state index in [0.717, 1.165) is 38.5 Å². The maximum absolute atomic E-state index is 5.50. The fourth-order valence-electron chi connectivity index (χ4n) is 1.51. The average Bonchev–Trinajstić information content (AvgIpc) is 2.29. The van der Waals surface area contributed by atoms with Crippen molar-refractivity contribution in [3.8, 4) is 0 Å². The monoisotopic (exact) mass is 218 g/mol. The summed E-state index contributed by atoms with van der Waals surface area (Å²) in [4.78, 5) is 10.5. The molecule has 0 saturated heterocycles. The van der Waals surface area contributed by atoms with Gasteiger partial charge in [0, 0.05) is 20.0 Å². The Morgan fingerprint density at radius 2 is 1.47 bits per heavy atom. The van der Waals surface area contributed by atoms with Crippen LogP contribution in [0.3, 0.4) is 0 Å². The van der Waals surface area contributed by atoms with Crippen molar-refractivity contribution in [2.75, 3.05) is 13.7 Å². The Morgan fingerprint density at radius 1 is 0.933 bits per heavy atom. The molecule has 0 heterocycles. The Morgan fingerprint density at radius 3 is 1.80 bits per heavy atom. The van der Waals surface area contributed by atoms with Gasteiger partial charge in [-0.25, -0.2) is 9.78 Å². The highest BCUT2D eigenvalue weighted by molar-refractivity contribution is 4.68. The number of hydrogen-bond acceptors (Lipinski definition) is 3. The fraction of sp³-hybridized carbons (Fsp3) is 1.00. The van der Waals surface area contributed by atoms with Crippen LogP contribution in [0.5, 0.6) is 0 Å². The van der Waals surface area contributed by atoms with Crippen LogP contribution in [0.1, 0.15) is 59.3 Å². The topological polar surface area (TPSA) is 27.7 Å². The van der Waals surface area contributed by atoms with E-state index in [1.807, 2.05) is 6.92 Å². The van der Waals surface area contributed by atoms with E-state index in [-0.39, 0.29) is 0 Å². The molecular formula is C12H26O3. The van der Waals surface area contributed by atoms with Crippen molar-refractivity contribution in [3.05, 3.63) is 0 Å². The SMILES string of the molecule is CCCCC(CCCC)(OC)OOCC. The van der Waals surface area contributed by atoms with Gasteiger partial charge in [0.25, 0.3) is 0 Å². The molecule has 92 valence electrons. The molecule has 15 heavy (non-hydrogen) atoms. The van der Waals surface area contributed by atoms with E-state index >= 15 is 0 Å². The first-order valence-corrected chi connectivity index (χ1v) is 6.10. The first-order valence-electron chi connectivity index (χ1n) is 6.10. The largest absolute Gasteiger partial charge is 0.351 e. The van der Waals surface area contributed by atoms with Crippen molar-refractivity contribution < 1.29 is 14.5 Å². The van der Waals surface area contributed by atoms with E-state index in [2.05, 4.69) is 13.8 Å². The predicted octanol–water partition coefficient (Wildman–Crippen LogP) is 3.68. The van der Waals surface area contributed by atoms with Crippen molar-refractivity contribution in [3.63, 3.8) is 0 Å². The Labute approximate surface area is 94.0 Å². The van der Waals surface area contributed by atoms with Crippen molar-refractivity contribution in [2.45, 2.75) is 65.1 Å². The maximum Gasteiger partial charge on any atom is 0.201 e. The van der Waals surface area contributed by atoms with Gasteiger partial charge < -0.3 is 4.74 Å². The molecule has 3 heteroatoms. The van der Waals surface area contributed by atoms with Gasteiger partial charge in [-0.1, -0.05) is 26.7 Å². The van der Waals surface area contributed by atoms with Crippen LogP contribution in [0, 0.1) is 0 Å². The quantitative estimate of drug-likeness (QED) is 0.318. The summed E-state index contributed by atoms with van der Waals surface area (Å²) in [5, 5.41) is 0. The minimum atomic E-state index is -0.526. The van der Waals surface area contributed by atoms with Crippen LogP contribution in [-0.4, -0.2) is 19.5 Å². The van der Waals surface area contributed by atoms with Crippen LogP contribution < -0.4 is 0 Å². The summed E-state index contributed by atoms with van der Waals surface area (Å²) in [6.07, 6.45) is 6.30. The van der Waals surface area contributed by atoms with E-state index in [0.29, 0.717) is 6.61 Å². The molecule has 0 atom stereocenters. The van der Waals surface area contributed by atoms with Gasteiger partial charge in [-0.05, 0) is 19.8 Å². The number of methoxy groups -OCH3 is 1. The van der Waals surface area contributed by atoms with Crippen molar-refractivity contribution in [1.82, 2.24) is 0 Å². The molecule has 0 aliphatic heterocycles. The molecule has 3 nitrogen and oxygen atoms in total. The first-order chi connectivity index (χ1) is 7.24. The second kappa shape index (κ2) is 9.13. The molecule has 0 aromatic rings. The van der Waals surface area contributed by atoms with Crippen molar-refractivity contribution >= 4 is 0 Å². The third-order valence-corrected chi connectivity index (χ3v) is 2.52. The van der Waals surface area contributed by atoms with Crippen molar-refractivity contribution in [1.29, 1.82) is 0 Å². The van der Waals surface area contributed by atoms with Gasteiger partial charge in [0.05, 0.1) is 6.61 Å². The molecule has 0 aromatic heterocycles. The molecule has 0 aliphatic rings. The summed E-state index contributed by atoms with van der Waals surface area (Å²) in [7, 11) is 1.70. The number of ether oxygens (including phenoxy) is 1. The zero-order valence-corrected chi connectivity index (χ0v) is 10.7. The molecule has 0 amide bonds. The van der Waals surface area contributed by atoms with Gasteiger partial charge in [-0.15, -0.1) is 0 Å². The van der Waals surface area contributed by atoms with Gasteiger partial charge in [-0.2, -0.15) is 0 Å². The highest BCUT2D eigenvalue weighted by atomic mass is 17.2. The second-order valence-corrected chi connectivity index (χ2v) is 3.81. The summed E-state index contributed by atoms with van der Waals surface area (Å²) in [5.41, 5.74) is 0. The normalized spacial score (nSPS) is 12.0. The molecule has 0 saturated carbocycles. The predicted molar refractivity (Wildman–Crippen MR) is 61.5 cm³/mol. The highest BCUT2D eigenvalue weighted by Crippen LogP contribution is 2.27. The summed E-state index contributed by atoms with van der Waals surface area (Å²) < 4.78 is 5.50. The van der Waals surface area contributed by atoms with Crippen LogP contribution in [0.15, 0.2) is 0 Å². The van der Waals surface area contributed by atoms with Crippen LogP contribution in [0.25, 0.3) is 0 Å². The third kappa shape index (κ3) is 6.13. The van der Waals surface area contributed by atoms with Crippen LogP contribution in [0.4, 0.5) is 0 Å². The Hall–Kier alpha value is -0.120. The molecule has 0 spiro atoms. The van der Waals surface area contributed by atoms with E-state index in [1.54, 1.807) is 7.11 Å². The number of hydrogen-bond donors (Lipinski definition) is 0. The van der Waals surface area contributed by atoms with E-state index in [9.17, 15) is 0 Å². The zero-order valence-electron chi connectivity index (χ0n) is 10.7. The molecule has 0 aliphatic carbocycles. The van der Waals surface area contributed by atoms with Gasteiger partial charge in [0.1, 0.15) is 0 Å². The fourth-order valence-corrected chi connectivity index (χ4v) is 1.51.